The maximum absolute atomic E-state index is 12.9. The third kappa shape index (κ3) is 4.68. The molecule has 7 heteroatoms. The molecule has 3 atom stereocenters. The van der Waals surface area contributed by atoms with Gasteiger partial charge in [0.15, 0.2) is 0 Å². The average Bonchev–Trinajstić information content (AvgIpc) is 2.36. The summed E-state index contributed by atoms with van der Waals surface area (Å²) in [4.78, 5) is 22.9. The molecule has 116 valence electrons. The number of ether oxygens (including phenoxy) is 1. The molecule has 1 N–H and O–H groups in total. The second kappa shape index (κ2) is 6.95. The van der Waals surface area contributed by atoms with E-state index in [1.165, 1.54) is 14.0 Å². The number of amides is 1. The van der Waals surface area contributed by atoms with E-state index >= 15 is 0 Å². The number of halogens is 3. The summed E-state index contributed by atoms with van der Waals surface area (Å²) in [6, 6.07) is -0.888. The van der Waals surface area contributed by atoms with Gasteiger partial charge in [-0.3, -0.25) is 9.59 Å². The number of hydrogen-bond acceptors (Lipinski definition) is 3. The summed E-state index contributed by atoms with van der Waals surface area (Å²) in [5.41, 5.74) is 0. The summed E-state index contributed by atoms with van der Waals surface area (Å²) in [7, 11) is 1.21. The molecule has 0 saturated heterocycles. The van der Waals surface area contributed by atoms with Gasteiger partial charge in [0.2, 0.25) is 5.91 Å². The largest absolute Gasteiger partial charge is 0.469 e. The van der Waals surface area contributed by atoms with Gasteiger partial charge in [0.05, 0.1) is 18.9 Å². The Morgan fingerprint density at radius 3 is 2.45 bits per heavy atom. The van der Waals surface area contributed by atoms with E-state index in [9.17, 15) is 22.8 Å². The van der Waals surface area contributed by atoms with Crippen LogP contribution in [-0.4, -0.2) is 31.2 Å². The van der Waals surface area contributed by atoms with Gasteiger partial charge in [-0.2, -0.15) is 13.2 Å². The predicted molar refractivity (Wildman–Crippen MR) is 65.7 cm³/mol. The highest BCUT2D eigenvalue weighted by molar-refractivity contribution is 5.82. The van der Waals surface area contributed by atoms with Gasteiger partial charge in [-0.05, 0) is 12.8 Å². The minimum Gasteiger partial charge on any atom is -0.469 e. The van der Waals surface area contributed by atoms with Gasteiger partial charge in [0.1, 0.15) is 0 Å². The monoisotopic (exact) mass is 295 g/mol. The Bertz CT molecular complexity index is 357. The van der Waals surface area contributed by atoms with Crippen LogP contribution in [0.2, 0.25) is 0 Å². The van der Waals surface area contributed by atoms with E-state index in [-0.39, 0.29) is 12.8 Å². The van der Waals surface area contributed by atoms with Crippen molar-refractivity contribution in [3.63, 3.8) is 0 Å². The van der Waals surface area contributed by atoms with Crippen LogP contribution in [0.3, 0.4) is 0 Å². The number of esters is 1. The molecule has 1 fully saturated rings. The first-order chi connectivity index (χ1) is 9.25. The summed E-state index contributed by atoms with van der Waals surface area (Å²) in [5.74, 6) is -3.23. The van der Waals surface area contributed by atoms with E-state index in [1.54, 1.807) is 0 Å². The molecule has 0 spiro atoms. The zero-order valence-electron chi connectivity index (χ0n) is 11.6. The molecule has 20 heavy (non-hydrogen) atoms. The minimum atomic E-state index is -4.30. The number of hydrogen-bond donors (Lipinski definition) is 1. The molecule has 0 heterocycles. The van der Waals surface area contributed by atoms with Crippen LogP contribution in [0, 0.1) is 11.8 Å². The maximum atomic E-state index is 12.9. The van der Waals surface area contributed by atoms with Crippen molar-refractivity contribution in [2.75, 3.05) is 7.11 Å². The molecule has 0 bridgehead atoms. The highest BCUT2D eigenvalue weighted by Gasteiger charge is 2.45. The van der Waals surface area contributed by atoms with Crippen molar-refractivity contribution in [2.45, 2.75) is 51.2 Å². The number of carbonyl (C=O) groups is 2. The fourth-order valence-corrected chi connectivity index (χ4v) is 2.52. The van der Waals surface area contributed by atoms with Crippen LogP contribution in [0.4, 0.5) is 13.2 Å². The van der Waals surface area contributed by atoms with Crippen molar-refractivity contribution in [1.82, 2.24) is 5.32 Å². The standard InChI is InChI=1S/C13H20F3NO3/c1-8(12(19)20-2)7-11(18)17-10-6-4-3-5-9(10)13(14,15)16/h8-10H,3-7H2,1-2H3,(H,17,18)/t8-,9+,10-/m1/s1. The van der Waals surface area contributed by atoms with E-state index < -0.39 is 35.9 Å². The van der Waals surface area contributed by atoms with Crippen LogP contribution < -0.4 is 5.32 Å². The Balaban J connectivity index is 2.56. The van der Waals surface area contributed by atoms with Gasteiger partial charge >= 0.3 is 12.1 Å². The van der Waals surface area contributed by atoms with Crippen molar-refractivity contribution in [3.8, 4) is 0 Å². The number of alkyl halides is 3. The van der Waals surface area contributed by atoms with Crippen LogP contribution >= 0.6 is 0 Å². The van der Waals surface area contributed by atoms with Crippen molar-refractivity contribution in [3.05, 3.63) is 0 Å². The summed E-state index contributed by atoms with van der Waals surface area (Å²) < 4.78 is 43.1. The second-order valence-electron chi connectivity index (χ2n) is 5.23. The Hall–Kier alpha value is -1.27. The van der Waals surface area contributed by atoms with Gasteiger partial charge < -0.3 is 10.1 Å². The molecule has 1 amide bonds. The van der Waals surface area contributed by atoms with Gasteiger partial charge in [0, 0.05) is 12.5 Å². The first-order valence-electron chi connectivity index (χ1n) is 6.69. The molecule has 0 aromatic heterocycles. The molecule has 0 aromatic carbocycles. The number of rotatable bonds is 4. The molecule has 0 aromatic rings. The van der Waals surface area contributed by atoms with Crippen LogP contribution in [0.1, 0.15) is 39.0 Å². The maximum Gasteiger partial charge on any atom is 0.393 e. The molecule has 0 radical (unpaired) electrons. The highest BCUT2D eigenvalue weighted by atomic mass is 19.4. The molecule has 1 aliphatic carbocycles. The Morgan fingerprint density at radius 1 is 1.30 bits per heavy atom. The van der Waals surface area contributed by atoms with Crippen LogP contribution in [0.25, 0.3) is 0 Å². The van der Waals surface area contributed by atoms with Gasteiger partial charge in [-0.15, -0.1) is 0 Å². The molecule has 0 unspecified atom stereocenters. The van der Waals surface area contributed by atoms with Gasteiger partial charge in [0.25, 0.3) is 0 Å². The fraction of sp³-hybridized carbons (Fsp3) is 0.846. The number of methoxy groups -OCH3 is 1. The molecular weight excluding hydrogens is 275 g/mol. The summed E-state index contributed by atoms with van der Waals surface area (Å²) >= 11 is 0. The number of carbonyl (C=O) groups excluding carboxylic acids is 2. The molecule has 0 aliphatic heterocycles. The van der Waals surface area contributed by atoms with E-state index in [4.69, 9.17) is 0 Å². The second-order valence-corrected chi connectivity index (χ2v) is 5.23. The van der Waals surface area contributed by atoms with Gasteiger partial charge in [-0.1, -0.05) is 19.8 Å². The molecule has 4 nitrogen and oxygen atoms in total. The van der Waals surface area contributed by atoms with E-state index in [1.807, 2.05) is 0 Å². The quantitative estimate of drug-likeness (QED) is 0.810. The topological polar surface area (TPSA) is 55.4 Å². The molecular formula is C13H20F3NO3. The Kier molecular flexibility index (Phi) is 5.83. The highest BCUT2D eigenvalue weighted by Crippen LogP contribution is 2.37. The zero-order valence-corrected chi connectivity index (χ0v) is 11.6. The molecule has 1 rings (SSSR count). The van der Waals surface area contributed by atoms with Crippen molar-refractivity contribution in [1.29, 1.82) is 0 Å². The third-order valence-corrected chi connectivity index (χ3v) is 3.63. The minimum absolute atomic E-state index is 0.0427. The lowest BCUT2D eigenvalue weighted by atomic mass is 9.84. The van der Waals surface area contributed by atoms with E-state index in [0.717, 1.165) is 0 Å². The third-order valence-electron chi connectivity index (χ3n) is 3.63. The van der Waals surface area contributed by atoms with Crippen molar-refractivity contribution in [2.24, 2.45) is 11.8 Å². The first-order valence-corrected chi connectivity index (χ1v) is 6.69. The van der Waals surface area contributed by atoms with E-state index in [0.29, 0.717) is 19.3 Å². The Labute approximate surface area is 116 Å². The summed E-state index contributed by atoms with van der Waals surface area (Å²) in [6.45, 7) is 1.51. The smallest absolute Gasteiger partial charge is 0.393 e. The van der Waals surface area contributed by atoms with E-state index in [2.05, 4.69) is 10.1 Å². The average molecular weight is 295 g/mol. The fourth-order valence-electron chi connectivity index (χ4n) is 2.52. The normalized spacial score (nSPS) is 24.9. The lowest BCUT2D eigenvalue weighted by Gasteiger charge is -2.33. The molecule has 1 aliphatic rings. The van der Waals surface area contributed by atoms with Crippen molar-refractivity contribution < 1.29 is 27.5 Å². The summed E-state index contributed by atoms with van der Waals surface area (Å²) in [6.07, 6.45) is -2.90. The summed E-state index contributed by atoms with van der Waals surface area (Å²) in [5, 5.41) is 2.42. The number of nitrogens with one attached hydrogen (secondary N) is 1. The zero-order chi connectivity index (χ0) is 15.3. The SMILES string of the molecule is COC(=O)[C@H](C)CC(=O)N[C@@H]1CCCC[C@@H]1C(F)(F)F. The van der Waals surface area contributed by atoms with Crippen LogP contribution in [-0.2, 0) is 14.3 Å². The first kappa shape index (κ1) is 16.8. The van der Waals surface area contributed by atoms with Crippen molar-refractivity contribution >= 4 is 11.9 Å². The molecule has 1 saturated carbocycles. The lowest BCUT2D eigenvalue weighted by molar-refractivity contribution is -0.189. The van der Waals surface area contributed by atoms with Crippen LogP contribution in [0.15, 0.2) is 0 Å². The Morgan fingerprint density at radius 2 is 1.90 bits per heavy atom. The lowest BCUT2D eigenvalue weighted by Crippen LogP contribution is -2.48. The predicted octanol–water partition coefficient (Wildman–Crippen LogP) is 2.42. The van der Waals surface area contributed by atoms with Crippen LogP contribution in [0.5, 0.6) is 0 Å². The van der Waals surface area contributed by atoms with Gasteiger partial charge in [-0.25, -0.2) is 0 Å².